The van der Waals surface area contributed by atoms with Crippen LogP contribution in [-0.2, 0) is 11.2 Å². The first kappa shape index (κ1) is 16.0. The molecule has 0 saturated carbocycles. The highest BCUT2D eigenvalue weighted by molar-refractivity contribution is 5.98. The molecule has 2 rings (SSSR count). The van der Waals surface area contributed by atoms with Crippen molar-refractivity contribution in [3.63, 3.8) is 0 Å². The van der Waals surface area contributed by atoms with Gasteiger partial charge in [0, 0.05) is 6.42 Å². The van der Waals surface area contributed by atoms with Gasteiger partial charge in [-0.15, -0.1) is 0 Å². The molecule has 0 bridgehead atoms. The summed E-state index contributed by atoms with van der Waals surface area (Å²) in [6, 6.07) is 17.0. The lowest BCUT2D eigenvalue weighted by Gasteiger charge is -2.07. The molecule has 0 atom stereocenters. The summed E-state index contributed by atoms with van der Waals surface area (Å²) >= 11 is 0. The van der Waals surface area contributed by atoms with Crippen molar-refractivity contribution in [3.8, 4) is 0 Å². The Morgan fingerprint density at radius 1 is 1.00 bits per heavy atom. The summed E-state index contributed by atoms with van der Waals surface area (Å²) in [5.41, 5.74) is 2.54. The summed E-state index contributed by atoms with van der Waals surface area (Å²) in [6.07, 6.45) is 2.45. The van der Waals surface area contributed by atoms with Gasteiger partial charge in [-0.1, -0.05) is 44.2 Å². The second kappa shape index (κ2) is 8.13. The highest BCUT2D eigenvalue weighted by atomic mass is 16.5. The lowest BCUT2D eigenvalue weighted by atomic mass is 10.1. The van der Waals surface area contributed by atoms with Gasteiger partial charge >= 0.3 is 5.97 Å². The number of nitrogens with zero attached hydrogens (tertiary/aromatic N) is 1. The average Bonchev–Trinajstić information content (AvgIpc) is 2.56. The predicted octanol–water partition coefficient (Wildman–Crippen LogP) is 4.94. The molecule has 0 amide bonds. The standard InChI is InChI=1S/C19H21NO2/c1-3-8-18(20-17-9-6-5-7-10-17)22-19(21)16-13-11-15(4-2)12-14-16/h5-7,9-14H,3-4,8H2,1-2H3. The smallest absolute Gasteiger partial charge is 0.344 e. The molecule has 2 aromatic rings. The van der Waals surface area contributed by atoms with Gasteiger partial charge in [0.15, 0.2) is 5.90 Å². The van der Waals surface area contributed by atoms with E-state index in [0.29, 0.717) is 17.9 Å². The van der Waals surface area contributed by atoms with Crippen LogP contribution >= 0.6 is 0 Å². The van der Waals surface area contributed by atoms with Crippen LogP contribution < -0.4 is 0 Å². The van der Waals surface area contributed by atoms with Crippen LogP contribution in [-0.4, -0.2) is 11.9 Å². The largest absolute Gasteiger partial charge is 0.408 e. The van der Waals surface area contributed by atoms with E-state index in [1.807, 2.05) is 49.4 Å². The lowest BCUT2D eigenvalue weighted by Crippen LogP contribution is -2.12. The van der Waals surface area contributed by atoms with Gasteiger partial charge in [0.05, 0.1) is 11.3 Å². The van der Waals surface area contributed by atoms with Gasteiger partial charge in [0.25, 0.3) is 0 Å². The Morgan fingerprint density at radius 2 is 1.68 bits per heavy atom. The fraction of sp³-hybridized carbons (Fsp3) is 0.263. The number of rotatable bonds is 5. The highest BCUT2D eigenvalue weighted by Gasteiger charge is 2.11. The molecule has 0 fully saturated rings. The number of para-hydroxylation sites is 1. The molecule has 0 aliphatic heterocycles. The topological polar surface area (TPSA) is 38.7 Å². The van der Waals surface area contributed by atoms with Gasteiger partial charge in [-0.05, 0) is 42.7 Å². The molecule has 0 aromatic heterocycles. The minimum atomic E-state index is -0.356. The van der Waals surface area contributed by atoms with Gasteiger partial charge in [-0.3, -0.25) is 0 Å². The van der Waals surface area contributed by atoms with Crippen molar-refractivity contribution in [2.24, 2.45) is 4.99 Å². The molecule has 0 heterocycles. The van der Waals surface area contributed by atoms with E-state index in [2.05, 4.69) is 11.9 Å². The monoisotopic (exact) mass is 295 g/mol. The van der Waals surface area contributed by atoms with Crippen LogP contribution in [0.3, 0.4) is 0 Å². The first-order chi connectivity index (χ1) is 10.7. The first-order valence-corrected chi connectivity index (χ1v) is 7.66. The van der Waals surface area contributed by atoms with E-state index in [1.54, 1.807) is 12.1 Å². The summed E-state index contributed by atoms with van der Waals surface area (Å²) in [4.78, 5) is 16.6. The zero-order valence-corrected chi connectivity index (χ0v) is 13.1. The zero-order chi connectivity index (χ0) is 15.8. The summed E-state index contributed by atoms with van der Waals surface area (Å²) in [5, 5.41) is 0. The van der Waals surface area contributed by atoms with E-state index in [-0.39, 0.29) is 5.97 Å². The van der Waals surface area contributed by atoms with Crippen LogP contribution in [0.4, 0.5) is 5.69 Å². The van der Waals surface area contributed by atoms with Gasteiger partial charge in [0.1, 0.15) is 0 Å². The second-order valence-electron chi connectivity index (χ2n) is 5.03. The number of carbonyl (C=O) groups excluding carboxylic acids is 1. The highest BCUT2D eigenvalue weighted by Crippen LogP contribution is 2.14. The summed E-state index contributed by atoms with van der Waals surface area (Å²) in [6.45, 7) is 4.11. The lowest BCUT2D eigenvalue weighted by molar-refractivity contribution is 0.0712. The van der Waals surface area contributed by atoms with Crippen LogP contribution in [0.25, 0.3) is 0 Å². The van der Waals surface area contributed by atoms with Crippen molar-refractivity contribution >= 4 is 17.6 Å². The molecule has 114 valence electrons. The third-order valence-electron chi connectivity index (χ3n) is 3.28. The average molecular weight is 295 g/mol. The molecule has 22 heavy (non-hydrogen) atoms. The van der Waals surface area contributed by atoms with E-state index in [1.165, 1.54) is 5.56 Å². The van der Waals surface area contributed by atoms with Gasteiger partial charge in [-0.2, -0.15) is 0 Å². The zero-order valence-electron chi connectivity index (χ0n) is 13.1. The molecule has 0 aliphatic rings. The third-order valence-corrected chi connectivity index (χ3v) is 3.28. The molecule has 0 unspecified atom stereocenters. The number of ether oxygens (including phenoxy) is 1. The summed E-state index contributed by atoms with van der Waals surface area (Å²) in [7, 11) is 0. The van der Waals surface area contributed by atoms with Crippen molar-refractivity contribution in [2.45, 2.75) is 33.1 Å². The fourth-order valence-corrected chi connectivity index (χ4v) is 2.03. The number of hydrogen-bond donors (Lipinski definition) is 0. The molecule has 0 radical (unpaired) electrons. The molecule has 0 spiro atoms. The number of esters is 1. The Balaban J connectivity index is 2.13. The number of hydrogen-bond acceptors (Lipinski definition) is 3. The SMILES string of the molecule is CCCC(=Nc1ccccc1)OC(=O)c1ccc(CC)cc1. The van der Waals surface area contributed by atoms with E-state index < -0.39 is 0 Å². The molecule has 0 N–H and O–H groups in total. The van der Waals surface area contributed by atoms with E-state index in [0.717, 1.165) is 18.5 Å². The number of carbonyl (C=O) groups is 1. The Labute approximate surface area is 131 Å². The van der Waals surface area contributed by atoms with Crippen LogP contribution in [0.2, 0.25) is 0 Å². The van der Waals surface area contributed by atoms with Gasteiger partial charge in [0.2, 0.25) is 0 Å². The van der Waals surface area contributed by atoms with Crippen LogP contribution in [0.5, 0.6) is 0 Å². The molecular weight excluding hydrogens is 274 g/mol. The number of aliphatic imine (C=N–C) groups is 1. The molecule has 0 saturated heterocycles. The van der Waals surface area contributed by atoms with Crippen LogP contribution in [0.1, 0.15) is 42.6 Å². The Morgan fingerprint density at radius 3 is 2.27 bits per heavy atom. The maximum absolute atomic E-state index is 12.2. The fourth-order valence-electron chi connectivity index (χ4n) is 2.03. The van der Waals surface area contributed by atoms with Crippen molar-refractivity contribution in [1.29, 1.82) is 0 Å². The third kappa shape index (κ3) is 4.55. The molecule has 3 nitrogen and oxygen atoms in total. The number of benzene rings is 2. The van der Waals surface area contributed by atoms with E-state index >= 15 is 0 Å². The van der Waals surface area contributed by atoms with Crippen molar-refractivity contribution < 1.29 is 9.53 Å². The van der Waals surface area contributed by atoms with E-state index in [9.17, 15) is 4.79 Å². The van der Waals surface area contributed by atoms with Crippen LogP contribution in [0.15, 0.2) is 59.6 Å². The van der Waals surface area contributed by atoms with Crippen molar-refractivity contribution in [2.75, 3.05) is 0 Å². The summed E-state index contributed by atoms with van der Waals surface area (Å²) < 4.78 is 5.47. The van der Waals surface area contributed by atoms with Crippen molar-refractivity contribution in [3.05, 3.63) is 65.7 Å². The molecular formula is C19H21NO2. The Kier molecular flexibility index (Phi) is 5.90. The Hall–Kier alpha value is -2.42. The summed E-state index contributed by atoms with van der Waals surface area (Å²) in [5.74, 6) is 0.101. The predicted molar refractivity (Wildman–Crippen MR) is 89.7 cm³/mol. The minimum absolute atomic E-state index is 0.356. The maximum atomic E-state index is 12.2. The van der Waals surface area contributed by atoms with Gasteiger partial charge in [-0.25, -0.2) is 9.79 Å². The Bertz CT molecular complexity index is 630. The van der Waals surface area contributed by atoms with Crippen molar-refractivity contribution in [1.82, 2.24) is 0 Å². The normalized spacial score (nSPS) is 11.3. The van der Waals surface area contributed by atoms with Crippen LogP contribution in [0, 0.1) is 0 Å². The van der Waals surface area contributed by atoms with E-state index in [4.69, 9.17) is 4.74 Å². The maximum Gasteiger partial charge on any atom is 0.344 e. The number of aryl methyl sites for hydroxylation is 1. The molecule has 2 aromatic carbocycles. The quantitative estimate of drug-likeness (QED) is 0.445. The second-order valence-corrected chi connectivity index (χ2v) is 5.03. The molecule has 3 heteroatoms. The molecule has 0 aliphatic carbocycles. The minimum Gasteiger partial charge on any atom is -0.408 e. The first-order valence-electron chi connectivity index (χ1n) is 7.66. The van der Waals surface area contributed by atoms with Gasteiger partial charge < -0.3 is 4.74 Å².